The van der Waals surface area contributed by atoms with Crippen molar-refractivity contribution in [1.29, 1.82) is 0 Å². The van der Waals surface area contributed by atoms with Crippen molar-refractivity contribution in [2.45, 2.75) is 53.4 Å². The van der Waals surface area contributed by atoms with Crippen LogP contribution in [0.25, 0.3) is 0 Å². The fraction of sp³-hybridized carbons (Fsp3) is 0.688. The Morgan fingerprint density at radius 2 is 2.09 bits per heavy atom. The zero-order chi connectivity index (χ0) is 16.5. The SMILES string of the molecule is CCCCCC(=O)N(CC(=O)Nc1cc(C)on1)CC(C)C. The van der Waals surface area contributed by atoms with Gasteiger partial charge in [-0.2, -0.15) is 0 Å². The summed E-state index contributed by atoms with van der Waals surface area (Å²) < 4.78 is 4.90. The van der Waals surface area contributed by atoms with E-state index in [2.05, 4.69) is 17.4 Å². The summed E-state index contributed by atoms with van der Waals surface area (Å²) in [5.41, 5.74) is 0. The quantitative estimate of drug-likeness (QED) is 0.712. The lowest BCUT2D eigenvalue weighted by molar-refractivity contribution is -0.135. The van der Waals surface area contributed by atoms with Crippen LogP contribution in [-0.4, -0.2) is 35.0 Å². The molecule has 1 aromatic heterocycles. The first-order valence-electron chi connectivity index (χ1n) is 7.93. The topological polar surface area (TPSA) is 75.4 Å². The first kappa shape index (κ1) is 18.2. The Morgan fingerprint density at radius 1 is 1.36 bits per heavy atom. The highest BCUT2D eigenvalue weighted by Gasteiger charge is 2.18. The van der Waals surface area contributed by atoms with Crippen LogP contribution < -0.4 is 5.32 Å². The molecule has 0 radical (unpaired) electrons. The number of amides is 2. The van der Waals surface area contributed by atoms with Gasteiger partial charge in [-0.1, -0.05) is 38.8 Å². The number of aryl methyl sites for hydroxylation is 1. The molecule has 0 saturated heterocycles. The van der Waals surface area contributed by atoms with Crippen LogP contribution in [0.5, 0.6) is 0 Å². The van der Waals surface area contributed by atoms with Gasteiger partial charge in [0.25, 0.3) is 0 Å². The summed E-state index contributed by atoms with van der Waals surface area (Å²) in [6, 6.07) is 1.65. The smallest absolute Gasteiger partial charge is 0.245 e. The molecule has 1 heterocycles. The predicted octanol–water partition coefficient (Wildman–Crippen LogP) is 2.99. The van der Waals surface area contributed by atoms with Crippen molar-refractivity contribution in [2.75, 3.05) is 18.4 Å². The number of aromatic nitrogens is 1. The van der Waals surface area contributed by atoms with Gasteiger partial charge in [0.1, 0.15) is 5.76 Å². The van der Waals surface area contributed by atoms with Crippen molar-refractivity contribution in [3.8, 4) is 0 Å². The van der Waals surface area contributed by atoms with E-state index in [0.717, 1.165) is 19.3 Å². The molecule has 0 bridgehead atoms. The molecule has 1 aromatic rings. The molecule has 0 spiro atoms. The standard InChI is InChI=1S/C16H27N3O3/c1-5-6-7-8-16(21)19(10-12(2)3)11-15(20)17-14-9-13(4)22-18-14/h9,12H,5-8,10-11H2,1-4H3,(H,17,18,20). The number of hydrogen-bond acceptors (Lipinski definition) is 4. The molecule has 0 aliphatic heterocycles. The molecule has 0 atom stereocenters. The summed E-state index contributed by atoms with van der Waals surface area (Å²) in [6.45, 7) is 8.55. The zero-order valence-corrected chi connectivity index (χ0v) is 14.0. The van der Waals surface area contributed by atoms with E-state index < -0.39 is 0 Å². The minimum Gasteiger partial charge on any atom is -0.360 e. The molecule has 1 rings (SSSR count). The van der Waals surface area contributed by atoms with Crippen LogP contribution in [0, 0.1) is 12.8 Å². The van der Waals surface area contributed by atoms with E-state index in [1.165, 1.54) is 0 Å². The van der Waals surface area contributed by atoms with Crippen LogP contribution in [0.4, 0.5) is 5.82 Å². The molecule has 0 unspecified atom stereocenters. The molecule has 1 N–H and O–H groups in total. The van der Waals surface area contributed by atoms with Gasteiger partial charge >= 0.3 is 0 Å². The third-order valence-electron chi connectivity index (χ3n) is 3.16. The highest BCUT2D eigenvalue weighted by atomic mass is 16.5. The van der Waals surface area contributed by atoms with Crippen molar-refractivity contribution >= 4 is 17.6 Å². The predicted molar refractivity (Wildman–Crippen MR) is 85.4 cm³/mol. The fourth-order valence-corrected chi connectivity index (χ4v) is 2.16. The second-order valence-corrected chi connectivity index (χ2v) is 6.00. The summed E-state index contributed by atoms with van der Waals surface area (Å²) in [6.07, 6.45) is 3.47. The second-order valence-electron chi connectivity index (χ2n) is 6.00. The number of carbonyl (C=O) groups is 2. The van der Waals surface area contributed by atoms with Gasteiger partial charge in [-0.3, -0.25) is 9.59 Å². The number of nitrogens with one attached hydrogen (secondary N) is 1. The average molecular weight is 309 g/mol. The Morgan fingerprint density at radius 3 is 2.64 bits per heavy atom. The molecular weight excluding hydrogens is 282 g/mol. The summed E-state index contributed by atoms with van der Waals surface area (Å²) >= 11 is 0. The van der Waals surface area contributed by atoms with Gasteiger partial charge in [-0.05, 0) is 19.3 Å². The first-order chi connectivity index (χ1) is 10.4. The van der Waals surface area contributed by atoms with Gasteiger partial charge in [0.2, 0.25) is 11.8 Å². The van der Waals surface area contributed by atoms with E-state index in [0.29, 0.717) is 30.5 Å². The lowest BCUT2D eigenvalue weighted by Crippen LogP contribution is -2.40. The number of hydrogen-bond donors (Lipinski definition) is 1. The number of carbonyl (C=O) groups excluding carboxylic acids is 2. The number of unbranched alkanes of at least 4 members (excludes halogenated alkanes) is 2. The zero-order valence-electron chi connectivity index (χ0n) is 14.0. The molecular formula is C16H27N3O3. The average Bonchev–Trinajstić information content (AvgIpc) is 2.82. The monoisotopic (exact) mass is 309 g/mol. The van der Waals surface area contributed by atoms with E-state index in [4.69, 9.17) is 4.52 Å². The van der Waals surface area contributed by atoms with E-state index >= 15 is 0 Å². The number of rotatable bonds is 9. The maximum absolute atomic E-state index is 12.3. The third-order valence-corrected chi connectivity index (χ3v) is 3.16. The molecule has 0 fully saturated rings. The molecule has 0 aliphatic carbocycles. The van der Waals surface area contributed by atoms with E-state index in [1.807, 2.05) is 13.8 Å². The van der Waals surface area contributed by atoms with Crippen molar-refractivity contribution in [3.05, 3.63) is 11.8 Å². The molecule has 0 saturated carbocycles. The molecule has 0 aromatic carbocycles. The van der Waals surface area contributed by atoms with Crippen molar-refractivity contribution in [3.63, 3.8) is 0 Å². The Labute approximate surface area is 132 Å². The molecule has 22 heavy (non-hydrogen) atoms. The van der Waals surface area contributed by atoms with Crippen molar-refractivity contribution in [1.82, 2.24) is 10.1 Å². The van der Waals surface area contributed by atoms with Crippen LogP contribution in [0.3, 0.4) is 0 Å². The third kappa shape index (κ3) is 6.74. The Hall–Kier alpha value is -1.85. The lowest BCUT2D eigenvalue weighted by Gasteiger charge is -2.24. The Balaban J connectivity index is 2.55. The number of nitrogens with zero attached hydrogens (tertiary/aromatic N) is 2. The maximum Gasteiger partial charge on any atom is 0.245 e. The van der Waals surface area contributed by atoms with Gasteiger partial charge in [0, 0.05) is 19.0 Å². The number of anilines is 1. The van der Waals surface area contributed by atoms with Crippen LogP contribution in [0.1, 0.15) is 52.2 Å². The van der Waals surface area contributed by atoms with Gasteiger partial charge in [0.15, 0.2) is 5.82 Å². The minimum atomic E-state index is -0.252. The van der Waals surface area contributed by atoms with Gasteiger partial charge in [0.05, 0.1) is 6.54 Å². The summed E-state index contributed by atoms with van der Waals surface area (Å²) in [7, 11) is 0. The van der Waals surface area contributed by atoms with Crippen LogP contribution in [0.2, 0.25) is 0 Å². The highest BCUT2D eigenvalue weighted by molar-refractivity contribution is 5.93. The maximum atomic E-state index is 12.3. The van der Waals surface area contributed by atoms with Crippen molar-refractivity contribution in [2.24, 2.45) is 5.92 Å². The summed E-state index contributed by atoms with van der Waals surface area (Å²) in [5.74, 6) is 1.11. The summed E-state index contributed by atoms with van der Waals surface area (Å²) in [5, 5.41) is 6.37. The van der Waals surface area contributed by atoms with E-state index in [1.54, 1.807) is 17.9 Å². The first-order valence-corrected chi connectivity index (χ1v) is 7.93. The fourth-order valence-electron chi connectivity index (χ4n) is 2.16. The largest absolute Gasteiger partial charge is 0.360 e. The normalized spacial score (nSPS) is 10.8. The molecule has 2 amide bonds. The minimum absolute atomic E-state index is 0.0358. The molecule has 0 aliphatic rings. The highest BCUT2D eigenvalue weighted by Crippen LogP contribution is 2.09. The van der Waals surface area contributed by atoms with E-state index in [-0.39, 0.29) is 18.4 Å². The van der Waals surface area contributed by atoms with Gasteiger partial charge < -0.3 is 14.7 Å². The Bertz CT molecular complexity index is 483. The van der Waals surface area contributed by atoms with Crippen LogP contribution in [0.15, 0.2) is 10.6 Å². The van der Waals surface area contributed by atoms with E-state index in [9.17, 15) is 9.59 Å². The van der Waals surface area contributed by atoms with Crippen molar-refractivity contribution < 1.29 is 14.1 Å². The van der Waals surface area contributed by atoms with Gasteiger partial charge in [-0.25, -0.2) is 0 Å². The molecule has 6 heteroatoms. The van der Waals surface area contributed by atoms with Crippen LogP contribution in [-0.2, 0) is 9.59 Å². The lowest BCUT2D eigenvalue weighted by atomic mass is 10.1. The summed E-state index contributed by atoms with van der Waals surface area (Å²) in [4.78, 5) is 25.9. The second kappa shape index (κ2) is 9.23. The van der Waals surface area contributed by atoms with Gasteiger partial charge in [-0.15, -0.1) is 0 Å². The Kier molecular flexibility index (Phi) is 7.63. The molecule has 124 valence electrons. The molecule has 6 nitrogen and oxygen atoms in total. The van der Waals surface area contributed by atoms with Crippen LogP contribution >= 0.6 is 0 Å².